The zero-order chi connectivity index (χ0) is 10.7. The number of H-pyrrole nitrogens is 1. The molecule has 2 rings (SSSR count). The zero-order valence-corrected chi connectivity index (χ0v) is 9.34. The highest BCUT2D eigenvalue weighted by Crippen LogP contribution is 2.16. The van der Waals surface area contributed by atoms with Crippen LogP contribution in [0.5, 0.6) is 0 Å². The molecule has 0 aliphatic rings. The normalized spacial score (nSPS) is 10.2. The SMILES string of the molecule is CCc1nc(=S)cc(-c2ccccc2)[nH]1. The van der Waals surface area contributed by atoms with Crippen LogP contribution in [-0.2, 0) is 6.42 Å². The van der Waals surface area contributed by atoms with Crippen molar-refractivity contribution >= 4 is 12.2 Å². The average molecular weight is 216 g/mol. The van der Waals surface area contributed by atoms with Crippen LogP contribution in [0.3, 0.4) is 0 Å². The highest BCUT2D eigenvalue weighted by atomic mass is 32.1. The Bertz CT molecular complexity index is 503. The lowest BCUT2D eigenvalue weighted by molar-refractivity contribution is 0.936. The Hall–Kier alpha value is -1.48. The molecule has 0 saturated carbocycles. The number of aryl methyl sites for hydroxylation is 1. The molecule has 2 nitrogen and oxygen atoms in total. The minimum Gasteiger partial charge on any atom is -0.343 e. The van der Waals surface area contributed by atoms with Gasteiger partial charge >= 0.3 is 0 Å². The van der Waals surface area contributed by atoms with E-state index < -0.39 is 0 Å². The van der Waals surface area contributed by atoms with Crippen LogP contribution in [0.25, 0.3) is 11.3 Å². The van der Waals surface area contributed by atoms with Crippen LogP contribution in [0.2, 0.25) is 0 Å². The summed E-state index contributed by atoms with van der Waals surface area (Å²) >= 11 is 5.12. The number of hydrogen-bond donors (Lipinski definition) is 1. The van der Waals surface area contributed by atoms with Gasteiger partial charge in [0.1, 0.15) is 10.5 Å². The Morgan fingerprint density at radius 2 is 2.00 bits per heavy atom. The molecule has 0 saturated heterocycles. The molecule has 0 radical (unpaired) electrons. The lowest BCUT2D eigenvalue weighted by Gasteiger charge is -2.04. The van der Waals surface area contributed by atoms with Gasteiger partial charge in [-0.25, -0.2) is 4.98 Å². The molecular weight excluding hydrogens is 204 g/mol. The van der Waals surface area contributed by atoms with E-state index in [0.717, 1.165) is 23.5 Å². The molecule has 1 aromatic carbocycles. The van der Waals surface area contributed by atoms with Crippen LogP contribution in [0, 0.1) is 4.64 Å². The molecule has 76 valence electrons. The Kier molecular flexibility index (Phi) is 2.92. The predicted molar refractivity (Wildman–Crippen MR) is 64.2 cm³/mol. The molecular formula is C12H12N2S. The van der Waals surface area contributed by atoms with Crippen molar-refractivity contribution in [3.63, 3.8) is 0 Å². The molecule has 0 bridgehead atoms. The van der Waals surface area contributed by atoms with E-state index in [1.807, 2.05) is 24.3 Å². The quantitative estimate of drug-likeness (QED) is 0.780. The fourth-order valence-corrected chi connectivity index (χ4v) is 1.68. The first-order chi connectivity index (χ1) is 7.29. The van der Waals surface area contributed by atoms with E-state index >= 15 is 0 Å². The molecule has 1 aromatic heterocycles. The smallest absolute Gasteiger partial charge is 0.130 e. The summed E-state index contributed by atoms with van der Waals surface area (Å²) in [6.45, 7) is 2.06. The lowest BCUT2D eigenvalue weighted by atomic mass is 10.1. The number of nitrogens with one attached hydrogen (secondary N) is 1. The highest BCUT2D eigenvalue weighted by Gasteiger charge is 1.99. The number of nitrogens with zero attached hydrogens (tertiary/aromatic N) is 1. The van der Waals surface area contributed by atoms with Crippen molar-refractivity contribution in [2.75, 3.05) is 0 Å². The summed E-state index contributed by atoms with van der Waals surface area (Å²) in [5.41, 5.74) is 2.17. The fourth-order valence-electron chi connectivity index (χ4n) is 1.45. The van der Waals surface area contributed by atoms with Gasteiger partial charge in [0.15, 0.2) is 0 Å². The maximum atomic E-state index is 5.12. The lowest BCUT2D eigenvalue weighted by Crippen LogP contribution is -1.95. The summed E-state index contributed by atoms with van der Waals surface area (Å²) in [6.07, 6.45) is 0.865. The third-order valence-corrected chi connectivity index (χ3v) is 2.42. The van der Waals surface area contributed by atoms with Gasteiger partial charge in [-0.3, -0.25) is 0 Å². The molecule has 0 fully saturated rings. The van der Waals surface area contributed by atoms with Crippen molar-refractivity contribution in [2.45, 2.75) is 13.3 Å². The summed E-state index contributed by atoms with van der Waals surface area (Å²) in [7, 11) is 0. The van der Waals surface area contributed by atoms with E-state index in [4.69, 9.17) is 12.2 Å². The zero-order valence-electron chi connectivity index (χ0n) is 8.53. The maximum absolute atomic E-state index is 5.12. The molecule has 15 heavy (non-hydrogen) atoms. The van der Waals surface area contributed by atoms with Crippen molar-refractivity contribution in [2.24, 2.45) is 0 Å². The van der Waals surface area contributed by atoms with Crippen LogP contribution >= 0.6 is 12.2 Å². The third kappa shape index (κ3) is 2.30. The molecule has 0 unspecified atom stereocenters. The van der Waals surface area contributed by atoms with E-state index in [9.17, 15) is 0 Å². The highest BCUT2D eigenvalue weighted by molar-refractivity contribution is 7.71. The first-order valence-corrected chi connectivity index (χ1v) is 5.36. The Labute approximate surface area is 94.0 Å². The summed E-state index contributed by atoms with van der Waals surface area (Å²) in [5, 5.41) is 0. The molecule has 2 aromatic rings. The van der Waals surface area contributed by atoms with Gasteiger partial charge in [0, 0.05) is 12.1 Å². The van der Waals surface area contributed by atoms with Crippen molar-refractivity contribution in [1.29, 1.82) is 0 Å². The van der Waals surface area contributed by atoms with E-state index in [-0.39, 0.29) is 0 Å². The second-order valence-electron chi connectivity index (χ2n) is 3.30. The van der Waals surface area contributed by atoms with Gasteiger partial charge in [0.25, 0.3) is 0 Å². The number of hydrogen-bond acceptors (Lipinski definition) is 2. The molecule has 1 N–H and O–H groups in total. The van der Waals surface area contributed by atoms with Gasteiger partial charge in [-0.15, -0.1) is 0 Å². The molecule has 0 atom stereocenters. The van der Waals surface area contributed by atoms with E-state index in [0.29, 0.717) is 4.64 Å². The molecule has 0 aliphatic carbocycles. The van der Waals surface area contributed by atoms with Crippen LogP contribution < -0.4 is 0 Å². The largest absolute Gasteiger partial charge is 0.343 e. The Morgan fingerprint density at radius 3 is 2.67 bits per heavy atom. The van der Waals surface area contributed by atoms with Crippen molar-refractivity contribution < 1.29 is 0 Å². The molecule has 3 heteroatoms. The summed E-state index contributed by atoms with van der Waals surface area (Å²) < 4.78 is 0.643. The van der Waals surface area contributed by atoms with Crippen molar-refractivity contribution in [3.8, 4) is 11.3 Å². The van der Waals surface area contributed by atoms with E-state index in [2.05, 4.69) is 29.0 Å². The summed E-state index contributed by atoms with van der Waals surface area (Å²) in [4.78, 5) is 7.51. The van der Waals surface area contributed by atoms with Gasteiger partial charge in [-0.2, -0.15) is 0 Å². The van der Waals surface area contributed by atoms with Gasteiger partial charge in [0.05, 0.1) is 0 Å². The fraction of sp³-hybridized carbons (Fsp3) is 0.167. The predicted octanol–water partition coefficient (Wildman–Crippen LogP) is 3.37. The second-order valence-corrected chi connectivity index (χ2v) is 3.72. The van der Waals surface area contributed by atoms with Crippen LogP contribution in [0.15, 0.2) is 36.4 Å². The Balaban J connectivity index is 2.54. The van der Waals surface area contributed by atoms with Gasteiger partial charge in [-0.05, 0) is 11.6 Å². The molecule has 0 aliphatic heterocycles. The summed E-state index contributed by atoms with van der Waals surface area (Å²) in [6, 6.07) is 12.0. The number of benzene rings is 1. The Morgan fingerprint density at radius 1 is 1.27 bits per heavy atom. The van der Waals surface area contributed by atoms with Crippen LogP contribution in [0.4, 0.5) is 0 Å². The maximum Gasteiger partial charge on any atom is 0.130 e. The van der Waals surface area contributed by atoms with Crippen LogP contribution in [0.1, 0.15) is 12.7 Å². The monoisotopic (exact) mass is 216 g/mol. The number of rotatable bonds is 2. The molecule has 0 amide bonds. The summed E-state index contributed by atoms with van der Waals surface area (Å²) in [5.74, 6) is 0.932. The van der Waals surface area contributed by atoms with Gasteiger partial charge in [0.2, 0.25) is 0 Å². The third-order valence-electron chi connectivity index (χ3n) is 2.21. The van der Waals surface area contributed by atoms with Crippen molar-refractivity contribution in [3.05, 3.63) is 46.9 Å². The van der Waals surface area contributed by atoms with E-state index in [1.165, 1.54) is 0 Å². The second kappa shape index (κ2) is 4.36. The average Bonchev–Trinajstić information content (AvgIpc) is 2.29. The van der Waals surface area contributed by atoms with E-state index in [1.54, 1.807) is 0 Å². The van der Waals surface area contributed by atoms with Crippen molar-refractivity contribution in [1.82, 2.24) is 9.97 Å². The number of aromatic nitrogens is 2. The minimum absolute atomic E-state index is 0.643. The molecule has 1 heterocycles. The first-order valence-electron chi connectivity index (χ1n) is 4.95. The van der Waals surface area contributed by atoms with Gasteiger partial charge < -0.3 is 4.98 Å². The minimum atomic E-state index is 0.643. The number of aromatic amines is 1. The standard InChI is InChI=1S/C12H12N2S/c1-2-11-13-10(8-12(15)14-11)9-6-4-3-5-7-9/h3-8H,2H2,1H3,(H,13,14,15). The first kappa shape index (κ1) is 10.1. The van der Waals surface area contributed by atoms with Crippen LogP contribution in [-0.4, -0.2) is 9.97 Å². The topological polar surface area (TPSA) is 28.7 Å². The van der Waals surface area contributed by atoms with Gasteiger partial charge in [-0.1, -0.05) is 49.5 Å². The molecule has 0 spiro atoms.